The van der Waals surface area contributed by atoms with Gasteiger partial charge in [-0.3, -0.25) is 0 Å². The maximum atomic E-state index is 10.3. The Hall–Kier alpha value is -0.860. The van der Waals surface area contributed by atoms with Crippen LogP contribution in [0.5, 0.6) is 0 Å². The molecule has 0 bridgehead atoms. The second kappa shape index (κ2) is 4.11. The Labute approximate surface area is 102 Å². The minimum absolute atomic E-state index is 0.450. The molecule has 1 saturated carbocycles. The molecule has 17 heavy (non-hydrogen) atoms. The topological polar surface area (TPSA) is 40.5 Å². The standard InChI is InChI=1S/C15H20O2/c16-14(15(17)7-3-4-8-15)10-12-9-11-5-1-2-6-13(11)12/h1-2,5-6,12,14,16-17H,3-4,7-10H2. The highest BCUT2D eigenvalue weighted by molar-refractivity contribution is 5.39. The van der Waals surface area contributed by atoms with Crippen LogP contribution in [0.15, 0.2) is 24.3 Å². The summed E-state index contributed by atoms with van der Waals surface area (Å²) in [4.78, 5) is 0. The molecule has 2 nitrogen and oxygen atoms in total. The lowest BCUT2D eigenvalue weighted by Crippen LogP contribution is -2.41. The molecule has 2 aliphatic rings. The lowest BCUT2D eigenvalue weighted by Gasteiger charge is -2.36. The van der Waals surface area contributed by atoms with E-state index in [1.165, 1.54) is 11.1 Å². The van der Waals surface area contributed by atoms with E-state index in [2.05, 4.69) is 24.3 Å². The molecule has 92 valence electrons. The first-order valence-electron chi connectivity index (χ1n) is 6.67. The zero-order valence-corrected chi connectivity index (χ0v) is 10.1. The summed E-state index contributed by atoms with van der Waals surface area (Å²) in [7, 11) is 0. The minimum Gasteiger partial charge on any atom is -0.390 e. The van der Waals surface area contributed by atoms with Crippen molar-refractivity contribution in [1.82, 2.24) is 0 Å². The molecular weight excluding hydrogens is 212 g/mol. The number of fused-ring (bicyclic) bond motifs is 1. The normalized spacial score (nSPS) is 27.3. The predicted molar refractivity (Wildman–Crippen MR) is 66.9 cm³/mol. The Morgan fingerprint density at radius 1 is 1.24 bits per heavy atom. The molecule has 0 aromatic heterocycles. The highest BCUT2D eigenvalue weighted by Gasteiger charge is 2.40. The number of aliphatic hydroxyl groups excluding tert-OH is 1. The lowest BCUT2D eigenvalue weighted by molar-refractivity contribution is -0.0762. The molecule has 2 N–H and O–H groups in total. The van der Waals surface area contributed by atoms with Crippen LogP contribution in [0, 0.1) is 0 Å². The second-order valence-corrected chi connectivity index (χ2v) is 5.66. The summed E-state index contributed by atoms with van der Waals surface area (Å²) in [5.74, 6) is 0.450. The third-order valence-electron chi connectivity index (χ3n) is 4.56. The summed E-state index contributed by atoms with van der Waals surface area (Å²) in [6.45, 7) is 0. The Morgan fingerprint density at radius 3 is 2.65 bits per heavy atom. The Balaban J connectivity index is 1.66. The fraction of sp³-hybridized carbons (Fsp3) is 0.600. The van der Waals surface area contributed by atoms with Crippen molar-refractivity contribution in [2.75, 3.05) is 0 Å². The van der Waals surface area contributed by atoms with Gasteiger partial charge in [0.05, 0.1) is 11.7 Å². The van der Waals surface area contributed by atoms with Crippen molar-refractivity contribution < 1.29 is 10.2 Å². The number of aliphatic hydroxyl groups is 2. The van der Waals surface area contributed by atoms with E-state index in [1.807, 2.05) is 0 Å². The van der Waals surface area contributed by atoms with E-state index in [-0.39, 0.29) is 0 Å². The largest absolute Gasteiger partial charge is 0.390 e. The van der Waals surface area contributed by atoms with E-state index in [1.54, 1.807) is 0 Å². The SMILES string of the molecule is OC(CC1Cc2ccccc21)C1(O)CCCC1. The van der Waals surface area contributed by atoms with E-state index < -0.39 is 11.7 Å². The van der Waals surface area contributed by atoms with Gasteiger partial charge in [0.1, 0.15) is 0 Å². The molecule has 0 heterocycles. The van der Waals surface area contributed by atoms with Crippen molar-refractivity contribution in [2.45, 2.75) is 56.1 Å². The van der Waals surface area contributed by atoms with Crippen molar-refractivity contribution in [3.8, 4) is 0 Å². The van der Waals surface area contributed by atoms with E-state index in [0.717, 1.165) is 32.1 Å². The van der Waals surface area contributed by atoms with Gasteiger partial charge in [-0.05, 0) is 42.7 Å². The van der Waals surface area contributed by atoms with Crippen LogP contribution in [0.2, 0.25) is 0 Å². The summed E-state index contributed by atoms with van der Waals surface area (Å²) in [6, 6.07) is 8.43. The van der Waals surface area contributed by atoms with Crippen LogP contribution in [0.25, 0.3) is 0 Å². The van der Waals surface area contributed by atoms with Crippen LogP contribution in [0.3, 0.4) is 0 Å². The smallest absolute Gasteiger partial charge is 0.0905 e. The van der Waals surface area contributed by atoms with E-state index in [9.17, 15) is 10.2 Å². The maximum Gasteiger partial charge on any atom is 0.0905 e. The van der Waals surface area contributed by atoms with Gasteiger partial charge in [-0.1, -0.05) is 37.1 Å². The first kappa shape index (κ1) is 11.2. The fourth-order valence-electron chi connectivity index (χ4n) is 3.38. The molecule has 2 unspecified atom stereocenters. The first-order chi connectivity index (χ1) is 8.19. The molecule has 1 aromatic carbocycles. The lowest BCUT2D eigenvalue weighted by atomic mass is 9.73. The Bertz CT molecular complexity index is 407. The van der Waals surface area contributed by atoms with Gasteiger partial charge in [-0.25, -0.2) is 0 Å². The van der Waals surface area contributed by atoms with Crippen LogP contribution in [-0.4, -0.2) is 21.9 Å². The summed E-state index contributed by atoms with van der Waals surface area (Å²) >= 11 is 0. The number of rotatable bonds is 3. The van der Waals surface area contributed by atoms with Crippen molar-refractivity contribution in [3.05, 3.63) is 35.4 Å². The van der Waals surface area contributed by atoms with Gasteiger partial charge < -0.3 is 10.2 Å². The first-order valence-corrected chi connectivity index (χ1v) is 6.67. The second-order valence-electron chi connectivity index (χ2n) is 5.66. The molecule has 0 radical (unpaired) electrons. The van der Waals surface area contributed by atoms with Crippen molar-refractivity contribution in [1.29, 1.82) is 0 Å². The van der Waals surface area contributed by atoms with E-state index in [0.29, 0.717) is 12.3 Å². The zero-order chi connectivity index (χ0) is 11.9. The Morgan fingerprint density at radius 2 is 1.94 bits per heavy atom. The number of hydrogen-bond acceptors (Lipinski definition) is 2. The fourth-order valence-corrected chi connectivity index (χ4v) is 3.38. The molecule has 3 rings (SSSR count). The molecule has 2 heteroatoms. The van der Waals surface area contributed by atoms with Crippen LogP contribution in [0.4, 0.5) is 0 Å². The summed E-state index contributed by atoms with van der Waals surface area (Å²) in [5, 5.41) is 20.5. The van der Waals surface area contributed by atoms with Crippen molar-refractivity contribution >= 4 is 0 Å². The van der Waals surface area contributed by atoms with Gasteiger partial charge in [-0.15, -0.1) is 0 Å². The van der Waals surface area contributed by atoms with Crippen molar-refractivity contribution in [3.63, 3.8) is 0 Å². The van der Waals surface area contributed by atoms with E-state index in [4.69, 9.17) is 0 Å². The summed E-state index contributed by atoms with van der Waals surface area (Å²) in [6.07, 6.45) is 4.86. The third kappa shape index (κ3) is 1.90. The molecule has 0 amide bonds. The monoisotopic (exact) mass is 232 g/mol. The van der Waals surface area contributed by atoms with Gasteiger partial charge in [0.2, 0.25) is 0 Å². The van der Waals surface area contributed by atoms with Crippen LogP contribution in [-0.2, 0) is 6.42 Å². The molecule has 2 aliphatic carbocycles. The predicted octanol–water partition coefficient (Wildman–Crippen LogP) is 2.38. The molecule has 0 spiro atoms. The molecule has 1 fully saturated rings. The minimum atomic E-state index is -0.801. The van der Waals surface area contributed by atoms with Crippen LogP contribution < -0.4 is 0 Å². The highest BCUT2D eigenvalue weighted by Crippen LogP contribution is 2.42. The average Bonchev–Trinajstić information content (AvgIpc) is 2.74. The van der Waals surface area contributed by atoms with Crippen LogP contribution >= 0.6 is 0 Å². The molecular formula is C15H20O2. The highest BCUT2D eigenvalue weighted by atomic mass is 16.3. The number of benzene rings is 1. The van der Waals surface area contributed by atoms with Crippen LogP contribution in [0.1, 0.15) is 49.1 Å². The third-order valence-corrected chi connectivity index (χ3v) is 4.56. The molecule has 2 atom stereocenters. The van der Waals surface area contributed by atoms with Gasteiger partial charge in [0, 0.05) is 0 Å². The maximum absolute atomic E-state index is 10.3. The average molecular weight is 232 g/mol. The van der Waals surface area contributed by atoms with E-state index >= 15 is 0 Å². The van der Waals surface area contributed by atoms with Gasteiger partial charge in [0.25, 0.3) is 0 Å². The molecule has 0 saturated heterocycles. The summed E-state index contributed by atoms with van der Waals surface area (Å²) < 4.78 is 0. The molecule has 0 aliphatic heterocycles. The van der Waals surface area contributed by atoms with Gasteiger partial charge in [0.15, 0.2) is 0 Å². The molecule has 1 aromatic rings. The Kier molecular flexibility index (Phi) is 2.72. The van der Waals surface area contributed by atoms with Gasteiger partial charge in [-0.2, -0.15) is 0 Å². The van der Waals surface area contributed by atoms with Gasteiger partial charge >= 0.3 is 0 Å². The number of hydrogen-bond donors (Lipinski definition) is 2. The summed E-state index contributed by atoms with van der Waals surface area (Å²) in [5.41, 5.74) is 1.97. The quantitative estimate of drug-likeness (QED) is 0.840. The zero-order valence-electron chi connectivity index (χ0n) is 10.1. The van der Waals surface area contributed by atoms with Crippen molar-refractivity contribution in [2.24, 2.45) is 0 Å².